The first kappa shape index (κ1) is 11.8. The minimum absolute atomic E-state index is 0.186. The molecule has 0 fully saturated rings. The number of rotatable bonds is 2. The first-order chi connectivity index (χ1) is 6.79. The van der Waals surface area contributed by atoms with Crippen molar-refractivity contribution in [3.8, 4) is 0 Å². The van der Waals surface area contributed by atoms with Gasteiger partial charge in [0.1, 0.15) is 0 Å². The number of benzene rings is 1. The molecular weight excluding hydrogens is 188 g/mol. The summed E-state index contributed by atoms with van der Waals surface area (Å²) in [5, 5.41) is 8.99. The molecule has 0 spiro atoms. The van der Waals surface area contributed by atoms with Crippen LogP contribution in [0.1, 0.15) is 42.3 Å². The Morgan fingerprint density at radius 2 is 1.93 bits per heavy atom. The van der Waals surface area contributed by atoms with E-state index < -0.39 is 5.97 Å². The highest BCUT2D eigenvalue weighted by atomic mass is 16.4. The molecule has 0 aliphatic heterocycles. The van der Waals surface area contributed by atoms with Gasteiger partial charge in [0.2, 0.25) is 0 Å². The van der Waals surface area contributed by atoms with Crippen molar-refractivity contribution in [1.29, 1.82) is 0 Å². The third kappa shape index (κ3) is 3.39. The van der Waals surface area contributed by atoms with Crippen molar-refractivity contribution < 1.29 is 9.90 Å². The van der Waals surface area contributed by atoms with Gasteiger partial charge in [0, 0.05) is 0 Å². The smallest absolute Gasteiger partial charge is 0.335 e. The summed E-state index contributed by atoms with van der Waals surface area (Å²) in [4.78, 5) is 10.9. The van der Waals surface area contributed by atoms with Crippen LogP contribution in [-0.4, -0.2) is 11.1 Å². The second kappa shape index (κ2) is 4.05. The summed E-state index contributed by atoms with van der Waals surface area (Å²) >= 11 is 0. The summed E-state index contributed by atoms with van der Waals surface area (Å²) in [6.45, 7) is 8.26. The van der Waals surface area contributed by atoms with Crippen molar-refractivity contribution in [2.45, 2.75) is 34.1 Å². The van der Waals surface area contributed by atoms with Crippen LogP contribution < -0.4 is 0 Å². The maximum atomic E-state index is 10.9. The highest BCUT2D eigenvalue weighted by molar-refractivity contribution is 5.89. The second-order valence-corrected chi connectivity index (χ2v) is 5.19. The molecular formula is C13H18O2. The normalized spacial score (nSPS) is 11.5. The fourth-order valence-electron chi connectivity index (χ4n) is 1.62. The molecule has 0 aliphatic carbocycles. The number of hydrogen-bond acceptors (Lipinski definition) is 1. The summed E-state index contributed by atoms with van der Waals surface area (Å²) in [5.41, 5.74) is 2.51. The van der Waals surface area contributed by atoms with E-state index in [1.165, 1.54) is 0 Å². The topological polar surface area (TPSA) is 37.3 Å². The molecule has 82 valence electrons. The summed E-state index contributed by atoms with van der Waals surface area (Å²) in [7, 11) is 0. The lowest BCUT2D eigenvalue weighted by molar-refractivity contribution is 0.0696. The molecule has 0 amide bonds. The largest absolute Gasteiger partial charge is 0.478 e. The third-order valence-corrected chi connectivity index (χ3v) is 2.27. The van der Waals surface area contributed by atoms with Crippen molar-refractivity contribution in [3.63, 3.8) is 0 Å². The minimum atomic E-state index is -0.844. The van der Waals surface area contributed by atoms with Gasteiger partial charge in [-0.15, -0.1) is 0 Å². The zero-order chi connectivity index (χ0) is 11.6. The van der Waals surface area contributed by atoms with E-state index in [4.69, 9.17) is 5.11 Å². The predicted octanol–water partition coefficient (Wildman–Crippen LogP) is 3.28. The summed E-state index contributed by atoms with van der Waals surface area (Å²) in [5.74, 6) is -0.844. The highest BCUT2D eigenvalue weighted by Gasteiger charge is 2.13. The first-order valence-corrected chi connectivity index (χ1v) is 5.12. The van der Waals surface area contributed by atoms with Gasteiger partial charge in [0.05, 0.1) is 5.56 Å². The molecule has 0 aliphatic rings. The highest BCUT2D eigenvalue weighted by Crippen LogP contribution is 2.22. The van der Waals surface area contributed by atoms with Gasteiger partial charge >= 0.3 is 5.97 Å². The Bertz CT molecular complexity index is 373. The van der Waals surface area contributed by atoms with E-state index in [0.717, 1.165) is 17.5 Å². The van der Waals surface area contributed by atoms with Gasteiger partial charge < -0.3 is 5.11 Å². The van der Waals surface area contributed by atoms with E-state index >= 15 is 0 Å². The van der Waals surface area contributed by atoms with Gasteiger partial charge in [0.15, 0.2) is 0 Å². The van der Waals surface area contributed by atoms with Crippen LogP contribution in [0, 0.1) is 12.3 Å². The fourth-order valence-corrected chi connectivity index (χ4v) is 1.62. The van der Waals surface area contributed by atoms with Crippen molar-refractivity contribution in [2.75, 3.05) is 0 Å². The molecule has 0 aromatic heterocycles. The Hall–Kier alpha value is -1.31. The van der Waals surface area contributed by atoms with Crippen molar-refractivity contribution in [1.82, 2.24) is 0 Å². The standard InChI is InChI=1S/C13H18O2/c1-9-5-6-10(8-13(2,3)4)7-11(9)12(14)15/h5-7H,8H2,1-4H3,(H,14,15). The summed E-state index contributed by atoms with van der Waals surface area (Å²) in [6, 6.07) is 5.67. The SMILES string of the molecule is Cc1ccc(CC(C)(C)C)cc1C(=O)O. The molecule has 0 unspecified atom stereocenters. The van der Waals surface area contributed by atoms with Gasteiger partial charge in [-0.05, 0) is 36.0 Å². The Balaban J connectivity index is 3.03. The van der Waals surface area contributed by atoms with Crippen molar-refractivity contribution in [3.05, 3.63) is 34.9 Å². The number of hydrogen-bond donors (Lipinski definition) is 1. The lowest BCUT2D eigenvalue weighted by Gasteiger charge is -2.18. The van der Waals surface area contributed by atoms with Gasteiger partial charge in [0.25, 0.3) is 0 Å². The Morgan fingerprint density at radius 3 is 2.40 bits per heavy atom. The van der Waals surface area contributed by atoms with Crippen LogP contribution in [0.3, 0.4) is 0 Å². The minimum Gasteiger partial charge on any atom is -0.478 e. The van der Waals surface area contributed by atoms with Crippen LogP contribution in [0.25, 0.3) is 0 Å². The molecule has 15 heavy (non-hydrogen) atoms. The van der Waals surface area contributed by atoms with Crippen LogP contribution in [0.2, 0.25) is 0 Å². The van der Waals surface area contributed by atoms with Crippen LogP contribution in [0.5, 0.6) is 0 Å². The van der Waals surface area contributed by atoms with Crippen LogP contribution in [-0.2, 0) is 6.42 Å². The van der Waals surface area contributed by atoms with E-state index in [2.05, 4.69) is 20.8 Å². The maximum Gasteiger partial charge on any atom is 0.335 e. The van der Waals surface area contributed by atoms with Crippen molar-refractivity contribution >= 4 is 5.97 Å². The molecule has 1 rings (SSSR count). The molecule has 0 radical (unpaired) electrons. The van der Waals surface area contributed by atoms with E-state index in [1.807, 2.05) is 19.1 Å². The average molecular weight is 206 g/mol. The number of aryl methyl sites for hydroxylation is 1. The fraction of sp³-hybridized carbons (Fsp3) is 0.462. The molecule has 0 bridgehead atoms. The van der Waals surface area contributed by atoms with Gasteiger partial charge in [-0.1, -0.05) is 32.9 Å². The van der Waals surface area contributed by atoms with Crippen LogP contribution in [0.15, 0.2) is 18.2 Å². The Morgan fingerprint density at radius 1 is 1.33 bits per heavy atom. The van der Waals surface area contributed by atoms with Crippen LogP contribution in [0.4, 0.5) is 0 Å². The molecule has 1 aromatic rings. The molecule has 0 saturated carbocycles. The molecule has 0 atom stereocenters. The summed E-state index contributed by atoms with van der Waals surface area (Å²) in [6.07, 6.45) is 0.896. The van der Waals surface area contributed by atoms with E-state index in [0.29, 0.717) is 5.56 Å². The van der Waals surface area contributed by atoms with E-state index in [1.54, 1.807) is 6.07 Å². The Labute approximate surface area is 90.9 Å². The molecule has 0 heterocycles. The molecule has 2 nitrogen and oxygen atoms in total. The van der Waals surface area contributed by atoms with Gasteiger partial charge in [-0.25, -0.2) is 4.79 Å². The monoisotopic (exact) mass is 206 g/mol. The lowest BCUT2D eigenvalue weighted by atomic mass is 9.87. The predicted molar refractivity (Wildman–Crippen MR) is 61.3 cm³/mol. The first-order valence-electron chi connectivity index (χ1n) is 5.12. The quantitative estimate of drug-likeness (QED) is 0.806. The van der Waals surface area contributed by atoms with E-state index in [9.17, 15) is 4.79 Å². The molecule has 1 N–H and O–H groups in total. The zero-order valence-corrected chi connectivity index (χ0v) is 9.79. The average Bonchev–Trinajstić information content (AvgIpc) is 2.05. The Kier molecular flexibility index (Phi) is 3.18. The summed E-state index contributed by atoms with van der Waals surface area (Å²) < 4.78 is 0. The molecule has 2 heteroatoms. The van der Waals surface area contributed by atoms with Gasteiger partial charge in [-0.2, -0.15) is 0 Å². The van der Waals surface area contributed by atoms with E-state index in [-0.39, 0.29) is 5.41 Å². The molecule has 1 aromatic carbocycles. The number of carbonyl (C=O) groups is 1. The zero-order valence-electron chi connectivity index (χ0n) is 9.79. The van der Waals surface area contributed by atoms with Gasteiger partial charge in [-0.3, -0.25) is 0 Å². The van der Waals surface area contributed by atoms with Crippen molar-refractivity contribution in [2.24, 2.45) is 5.41 Å². The third-order valence-electron chi connectivity index (χ3n) is 2.27. The molecule has 0 saturated heterocycles. The second-order valence-electron chi connectivity index (χ2n) is 5.19. The lowest BCUT2D eigenvalue weighted by Crippen LogP contribution is -2.10. The number of carboxylic acids is 1. The number of aromatic carboxylic acids is 1. The van der Waals surface area contributed by atoms with Crippen LogP contribution >= 0.6 is 0 Å². The maximum absolute atomic E-state index is 10.9. The number of carboxylic acid groups (broad SMARTS) is 1.